The summed E-state index contributed by atoms with van der Waals surface area (Å²) >= 11 is 6.04. The Bertz CT molecular complexity index is 1030. The number of hydrogen-bond donors (Lipinski definition) is 0. The van der Waals surface area contributed by atoms with E-state index in [1.807, 2.05) is 48.2 Å². The minimum absolute atomic E-state index is 0.118. The summed E-state index contributed by atoms with van der Waals surface area (Å²) in [7, 11) is 0. The molecule has 0 aliphatic carbocycles. The lowest BCUT2D eigenvalue weighted by Crippen LogP contribution is -2.42. The smallest absolute Gasteiger partial charge is 0.223 e. The van der Waals surface area contributed by atoms with Crippen LogP contribution in [-0.4, -0.2) is 45.5 Å². The van der Waals surface area contributed by atoms with Crippen molar-refractivity contribution >= 4 is 17.5 Å². The second-order valence-corrected chi connectivity index (χ2v) is 7.81. The van der Waals surface area contributed by atoms with Crippen molar-refractivity contribution in [3.8, 4) is 11.1 Å². The van der Waals surface area contributed by atoms with Crippen LogP contribution in [0.4, 0.5) is 0 Å². The number of rotatable bonds is 5. The van der Waals surface area contributed by atoms with Crippen molar-refractivity contribution in [3.63, 3.8) is 0 Å². The number of morpholine rings is 1. The van der Waals surface area contributed by atoms with E-state index >= 15 is 0 Å². The summed E-state index contributed by atoms with van der Waals surface area (Å²) in [5.74, 6) is 0.118. The van der Waals surface area contributed by atoms with Crippen LogP contribution in [0.5, 0.6) is 0 Å². The standard InChI is InChI=1S/C23H23ClN4O2/c1-16-9-18(19-12-25-15-26-13-19)11-21(27-16)22-14-28(7-8-30-22)23(29)6-5-17-3-2-4-20(24)10-17/h2-4,9-13,15,22H,5-8,14H2,1H3/t22-/m1/s1. The maximum atomic E-state index is 12.8. The van der Waals surface area contributed by atoms with Gasteiger partial charge in [-0.3, -0.25) is 9.78 Å². The van der Waals surface area contributed by atoms with Gasteiger partial charge in [0.1, 0.15) is 12.4 Å². The first-order chi connectivity index (χ1) is 14.6. The fraction of sp³-hybridized carbons (Fsp3) is 0.304. The van der Waals surface area contributed by atoms with Crippen LogP contribution >= 0.6 is 11.6 Å². The molecule has 6 nitrogen and oxygen atoms in total. The molecule has 1 aliphatic rings. The van der Waals surface area contributed by atoms with Gasteiger partial charge in [-0.15, -0.1) is 0 Å². The molecular formula is C23H23ClN4O2. The molecule has 0 spiro atoms. The van der Waals surface area contributed by atoms with Gasteiger partial charge in [-0.2, -0.15) is 0 Å². The van der Waals surface area contributed by atoms with Crippen LogP contribution in [0, 0.1) is 6.92 Å². The molecule has 154 valence electrons. The van der Waals surface area contributed by atoms with Crippen LogP contribution in [-0.2, 0) is 16.0 Å². The lowest BCUT2D eigenvalue weighted by Gasteiger charge is -2.33. The first-order valence-electron chi connectivity index (χ1n) is 9.96. The van der Waals surface area contributed by atoms with E-state index in [1.54, 1.807) is 12.4 Å². The number of pyridine rings is 1. The number of aromatic nitrogens is 3. The fourth-order valence-electron chi connectivity index (χ4n) is 3.63. The number of aryl methyl sites for hydroxylation is 2. The molecule has 3 heterocycles. The SMILES string of the molecule is Cc1cc(-c2cncnc2)cc([C@H]2CN(C(=O)CCc3cccc(Cl)c3)CCO2)n1. The summed E-state index contributed by atoms with van der Waals surface area (Å²) < 4.78 is 5.96. The Balaban J connectivity index is 1.45. The highest BCUT2D eigenvalue weighted by Crippen LogP contribution is 2.26. The molecule has 0 unspecified atom stereocenters. The predicted octanol–water partition coefficient (Wildman–Crippen LogP) is 4.03. The molecule has 0 saturated carbocycles. The number of halogens is 1. The zero-order valence-corrected chi connectivity index (χ0v) is 17.5. The van der Waals surface area contributed by atoms with Crippen LogP contribution < -0.4 is 0 Å². The number of carbonyl (C=O) groups excluding carboxylic acids is 1. The highest BCUT2D eigenvalue weighted by molar-refractivity contribution is 6.30. The van der Waals surface area contributed by atoms with Gasteiger partial charge in [0.15, 0.2) is 0 Å². The lowest BCUT2D eigenvalue weighted by molar-refractivity contribution is -0.139. The highest BCUT2D eigenvalue weighted by atomic mass is 35.5. The van der Waals surface area contributed by atoms with Gasteiger partial charge >= 0.3 is 0 Å². The van der Waals surface area contributed by atoms with E-state index in [-0.39, 0.29) is 12.0 Å². The van der Waals surface area contributed by atoms with E-state index in [1.165, 1.54) is 6.33 Å². The minimum atomic E-state index is -0.253. The first kappa shape index (κ1) is 20.4. The Hall–Kier alpha value is -2.83. The second kappa shape index (κ2) is 9.32. The van der Waals surface area contributed by atoms with Gasteiger partial charge in [0.2, 0.25) is 5.91 Å². The van der Waals surface area contributed by atoms with Crippen LogP contribution in [0.2, 0.25) is 5.02 Å². The van der Waals surface area contributed by atoms with Crippen LogP contribution in [0.15, 0.2) is 55.1 Å². The largest absolute Gasteiger partial charge is 0.368 e. The maximum Gasteiger partial charge on any atom is 0.223 e. The van der Waals surface area contributed by atoms with Crippen LogP contribution in [0.1, 0.15) is 29.5 Å². The molecule has 2 aromatic heterocycles. The average Bonchev–Trinajstić information content (AvgIpc) is 2.78. The summed E-state index contributed by atoms with van der Waals surface area (Å²) in [6.45, 7) is 3.53. The molecule has 0 bridgehead atoms. The van der Waals surface area contributed by atoms with Gasteiger partial charge in [0.05, 0.1) is 18.8 Å². The zero-order valence-electron chi connectivity index (χ0n) is 16.8. The van der Waals surface area contributed by atoms with Gasteiger partial charge in [-0.05, 0) is 48.7 Å². The van der Waals surface area contributed by atoms with Crippen LogP contribution in [0.3, 0.4) is 0 Å². The van der Waals surface area contributed by atoms with Gasteiger partial charge in [0.25, 0.3) is 0 Å². The van der Waals surface area contributed by atoms with E-state index in [9.17, 15) is 4.79 Å². The van der Waals surface area contributed by atoms with Crippen molar-refractivity contribution in [3.05, 3.63) is 77.1 Å². The van der Waals surface area contributed by atoms with E-state index in [0.717, 1.165) is 28.1 Å². The molecule has 30 heavy (non-hydrogen) atoms. The third-order valence-electron chi connectivity index (χ3n) is 5.13. The van der Waals surface area contributed by atoms with E-state index in [2.05, 4.69) is 15.0 Å². The number of amides is 1. The quantitative estimate of drug-likeness (QED) is 0.620. The Morgan fingerprint density at radius 1 is 1.20 bits per heavy atom. The summed E-state index contributed by atoms with van der Waals surface area (Å²) in [5.41, 5.74) is 4.69. The molecule has 4 rings (SSSR count). The topological polar surface area (TPSA) is 68.2 Å². The second-order valence-electron chi connectivity index (χ2n) is 7.38. The summed E-state index contributed by atoms with van der Waals surface area (Å²) in [4.78, 5) is 27.5. The van der Waals surface area contributed by atoms with Crippen molar-refractivity contribution in [1.82, 2.24) is 19.9 Å². The van der Waals surface area contributed by atoms with E-state index in [0.29, 0.717) is 37.6 Å². The summed E-state index contributed by atoms with van der Waals surface area (Å²) in [5, 5.41) is 0.691. The number of nitrogens with zero attached hydrogens (tertiary/aromatic N) is 4. The van der Waals surface area contributed by atoms with Crippen molar-refractivity contribution in [2.75, 3.05) is 19.7 Å². The molecule has 1 amide bonds. The fourth-order valence-corrected chi connectivity index (χ4v) is 3.84. The number of hydrogen-bond acceptors (Lipinski definition) is 5. The van der Waals surface area contributed by atoms with Gasteiger partial charge in [-0.25, -0.2) is 9.97 Å². The Kier molecular flexibility index (Phi) is 6.35. The summed E-state index contributed by atoms with van der Waals surface area (Å²) in [6.07, 6.45) is 5.92. The molecule has 7 heteroatoms. The molecular weight excluding hydrogens is 400 g/mol. The van der Waals surface area contributed by atoms with Crippen molar-refractivity contribution in [2.24, 2.45) is 0 Å². The highest BCUT2D eigenvalue weighted by Gasteiger charge is 2.26. The maximum absolute atomic E-state index is 12.8. The Morgan fingerprint density at radius 3 is 2.83 bits per heavy atom. The molecule has 1 aromatic carbocycles. The Labute approximate surface area is 180 Å². The average molecular weight is 423 g/mol. The minimum Gasteiger partial charge on any atom is -0.368 e. The van der Waals surface area contributed by atoms with Gasteiger partial charge in [0, 0.05) is 41.6 Å². The third kappa shape index (κ3) is 5.01. The van der Waals surface area contributed by atoms with Crippen molar-refractivity contribution in [1.29, 1.82) is 0 Å². The van der Waals surface area contributed by atoms with Crippen LogP contribution in [0.25, 0.3) is 11.1 Å². The molecule has 1 atom stereocenters. The molecule has 3 aromatic rings. The van der Waals surface area contributed by atoms with Crippen molar-refractivity contribution in [2.45, 2.75) is 25.9 Å². The van der Waals surface area contributed by atoms with Gasteiger partial charge in [-0.1, -0.05) is 23.7 Å². The monoisotopic (exact) mass is 422 g/mol. The number of benzene rings is 1. The number of carbonyl (C=O) groups is 1. The van der Waals surface area contributed by atoms with E-state index in [4.69, 9.17) is 16.3 Å². The number of ether oxygens (including phenoxy) is 1. The molecule has 1 saturated heterocycles. The molecule has 1 aliphatic heterocycles. The molecule has 0 radical (unpaired) electrons. The molecule has 1 fully saturated rings. The van der Waals surface area contributed by atoms with Gasteiger partial charge < -0.3 is 9.64 Å². The summed E-state index contributed by atoms with van der Waals surface area (Å²) in [6, 6.07) is 11.6. The first-order valence-corrected chi connectivity index (χ1v) is 10.3. The predicted molar refractivity (Wildman–Crippen MR) is 115 cm³/mol. The Morgan fingerprint density at radius 2 is 2.03 bits per heavy atom. The third-order valence-corrected chi connectivity index (χ3v) is 5.37. The zero-order chi connectivity index (χ0) is 20.9. The van der Waals surface area contributed by atoms with Crippen molar-refractivity contribution < 1.29 is 9.53 Å². The normalized spacial score (nSPS) is 16.5. The van der Waals surface area contributed by atoms with E-state index < -0.39 is 0 Å². The molecule has 0 N–H and O–H groups in total. The lowest BCUT2D eigenvalue weighted by atomic mass is 10.0.